The molecule has 0 saturated heterocycles. The average molecular weight is 156 g/mol. The second-order valence-electron chi connectivity index (χ2n) is 3.16. The Morgan fingerprint density at radius 3 is 2.45 bits per heavy atom. The standard InChI is InChI=1S/C10H20O/c1-5-6-7-10(11-4)8-9(2)3/h8,10H,5-7H2,1-4H3. The first-order chi connectivity index (χ1) is 5.20. The summed E-state index contributed by atoms with van der Waals surface area (Å²) in [4.78, 5) is 0. The Balaban J connectivity index is 3.67. The van der Waals surface area contributed by atoms with Crippen LogP contribution in [0.15, 0.2) is 11.6 Å². The van der Waals surface area contributed by atoms with E-state index >= 15 is 0 Å². The molecule has 1 atom stereocenters. The van der Waals surface area contributed by atoms with Crippen molar-refractivity contribution in [2.45, 2.75) is 46.1 Å². The quantitative estimate of drug-likeness (QED) is 0.555. The monoisotopic (exact) mass is 156 g/mol. The summed E-state index contributed by atoms with van der Waals surface area (Å²) in [6, 6.07) is 0. The van der Waals surface area contributed by atoms with E-state index < -0.39 is 0 Å². The first kappa shape index (κ1) is 10.7. The lowest BCUT2D eigenvalue weighted by molar-refractivity contribution is 0.131. The van der Waals surface area contributed by atoms with Gasteiger partial charge in [0.25, 0.3) is 0 Å². The van der Waals surface area contributed by atoms with Crippen molar-refractivity contribution in [3.05, 3.63) is 11.6 Å². The Labute approximate surface area is 70.4 Å². The summed E-state index contributed by atoms with van der Waals surface area (Å²) >= 11 is 0. The third-order valence-corrected chi connectivity index (χ3v) is 1.66. The lowest BCUT2D eigenvalue weighted by Gasteiger charge is -2.10. The van der Waals surface area contributed by atoms with Crippen molar-refractivity contribution < 1.29 is 4.74 Å². The Hall–Kier alpha value is -0.300. The molecule has 0 radical (unpaired) electrons. The molecule has 66 valence electrons. The van der Waals surface area contributed by atoms with Crippen molar-refractivity contribution in [3.8, 4) is 0 Å². The molecule has 11 heavy (non-hydrogen) atoms. The van der Waals surface area contributed by atoms with E-state index in [1.807, 2.05) is 0 Å². The van der Waals surface area contributed by atoms with E-state index in [4.69, 9.17) is 4.74 Å². The summed E-state index contributed by atoms with van der Waals surface area (Å²) in [6.45, 7) is 6.42. The Morgan fingerprint density at radius 1 is 1.45 bits per heavy atom. The molecule has 0 aliphatic rings. The number of rotatable bonds is 5. The molecule has 1 heteroatoms. The van der Waals surface area contributed by atoms with E-state index in [1.165, 1.54) is 18.4 Å². The van der Waals surface area contributed by atoms with Crippen LogP contribution in [-0.4, -0.2) is 13.2 Å². The predicted octanol–water partition coefficient (Wildman–Crippen LogP) is 3.16. The summed E-state index contributed by atoms with van der Waals surface area (Å²) in [5.41, 5.74) is 1.34. The van der Waals surface area contributed by atoms with Gasteiger partial charge in [-0.25, -0.2) is 0 Å². The summed E-state index contributed by atoms with van der Waals surface area (Å²) in [5, 5.41) is 0. The molecule has 0 amide bonds. The van der Waals surface area contributed by atoms with Crippen LogP contribution in [0.25, 0.3) is 0 Å². The van der Waals surface area contributed by atoms with Gasteiger partial charge in [-0.3, -0.25) is 0 Å². The van der Waals surface area contributed by atoms with Gasteiger partial charge in [0, 0.05) is 7.11 Å². The number of hydrogen-bond donors (Lipinski definition) is 0. The van der Waals surface area contributed by atoms with Crippen molar-refractivity contribution >= 4 is 0 Å². The fourth-order valence-electron chi connectivity index (χ4n) is 1.05. The molecular weight excluding hydrogens is 136 g/mol. The van der Waals surface area contributed by atoms with Gasteiger partial charge in [0.2, 0.25) is 0 Å². The maximum absolute atomic E-state index is 5.29. The summed E-state index contributed by atoms with van der Waals surface area (Å²) in [5.74, 6) is 0. The lowest BCUT2D eigenvalue weighted by Crippen LogP contribution is -2.06. The van der Waals surface area contributed by atoms with Crippen LogP contribution in [0.4, 0.5) is 0 Å². The summed E-state index contributed by atoms with van der Waals surface area (Å²) < 4.78 is 5.29. The molecule has 0 aliphatic heterocycles. The Morgan fingerprint density at radius 2 is 2.09 bits per heavy atom. The molecule has 0 aromatic rings. The molecule has 0 aliphatic carbocycles. The van der Waals surface area contributed by atoms with Gasteiger partial charge in [0.15, 0.2) is 0 Å². The highest BCUT2D eigenvalue weighted by molar-refractivity contribution is 4.98. The van der Waals surface area contributed by atoms with E-state index in [2.05, 4.69) is 26.8 Å². The highest BCUT2D eigenvalue weighted by atomic mass is 16.5. The molecule has 0 aromatic carbocycles. The number of hydrogen-bond acceptors (Lipinski definition) is 1. The maximum Gasteiger partial charge on any atom is 0.0754 e. The van der Waals surface area contributed by atoms with Gasteiger partial charge in [-0.1, -0.05) is 31.4 Å². The number of unbranched alkanes of at least 4 members (excludes halogenated alkanes) is 1. The second-order valence-corrected chi connectivity index (χ2v) is 3.16. The van der Waals surface area contributed by atoms with Crippen molar-refractivity contribution in [1.82, 2.24) is 0 Å². The van der Waals surface area contributed by atoms with Crippen molar-refractivity contribution in [2.24, 2.45) is 0 Å². The molecule has 0 bridgehead atoms. The topological polar surface area (TPSA) is 9.23 Å². The largest absolute Gasteiger partial charge is 0.377 e. The molecule has 0 heterocycles. The van der Waals surface area contributed by atoms with Crippen LogP contribution in [0.3, 0.4) is 0 Å². The third kappa shape index (κ3) is 6.11. The molecule has 1 unspecified atom stereocenters. The minimum atomic E-state index is 0.333. The van der Waals surface area contributed by atoms with E-state index in [9.17, 15) is 0 Å². The molecule has 0 spiro atoms. The fourth-order valence-corrected chi connectivity index (χ4v) is 1.05. The van der Waals surface area contributed by atoms with Crippen LogP contribution in [0.2, 0.25) is 0 Å². The fraction of sp³-hybridized carbons (Fsp3) is 0.800. The van der Waals surface area contributed by atoms with Gasteiger partial charge >= 0.3 is 0 Å². The highest BCUT2D eigenvalue weighted by Crippen LogP contribution is 2.07. The minimum absolute atomic E-state index is 0.333. The highest BCUT2D eigenvalue weighted by Gasteiger charge is 2.00. The number of allylic oxidation sites excluding steroid dienone is 1. The van der Waals surface area contributed by atoms with Crippen LogP contribution in [-0.2, 0) is 4.74 Å². The first-order valence-corrected chi connectivity index (χ1v) is 4.38. The second kappa shape index (κ2) is 6.41. The zero-order chi connectivity index (χ0) is 8.69. The van der Waals surface area contributed by atoms with Gasteiger partial charge in [-0.2, -0.15) is 0 Å². The molecular formula is C10H20O. The number of methoxy groups -OCH3 is 1. The summed E-state index contributed by atoms with van der Waals surface area (Å²) in [7, 11) is 1.78. The van der Waals surface area contributed by atoms with Crippen LogP contribution < -0.4 is 0 Å². The van der Waals surface area contributed by atoms with Crippen LogP contribution in [0.5, 0.6) is 0 Å². The Kier molecular flexibility index (Phi) is 6.24. The van der Waals surface area contributed by atoms with Gasteiger partial charge in [0.1, 0.15) is 0 Å². The third-order valence-electron chi connectivity index (χ3n) is 1.66. The smallest absolute Gasteiger partial charge is 0.0754 e. The van der Waals surface area contributed by atoms with Crippen molar-refractivity contribution in [1.29, 1.82) is 0 Å². The van der Waals surface area contributed by atoms with Crippen LogP contribution >= 0.6 is 0 Å². The maximum atomic E-state index is 5.29. The molecule has 0 aromatic heterocycles. The van der Waals surface area contributed by atoms with Crippen LogP contribution in [0, 0.1) is 0 Å². The zero-order valence-corrected chi connectivity index (χ0v) is 8.18. The Bertz CT molecular complexity index is 112. The normalized spacial score (nSPS) is 12.7. The molecule has 0 saturated carbocycles. The van der Waals surface area contributed by atoms with Crippen LogP contribution in [0.1, 0.15) is 40.0 Å². The van der Waals surface area contributed by atoms with Gasteiger partial charge < -0.3 is 4.74 Å². The SMILES string of the molecule is CCCCC(C=C(C)C)OC. The minimum Gasteiger partial charge on any atom is -0.377 e. The van der Waals surface area contributed by atoms with E-state index in [0.717, 1.165) is 6.42 Å². The number of ether oxygens (including phenoxy) is 1. The van der Waals surface area contributed by atoms with Gasteiger partial charge in [0.05, 0.1) is 6.10 Å². The van der Waals surface area contributed by atoms with E-state index in [-0.39, 0.29) is 0 Å². The first-order valence-electron chi connectivity index (χ1n) is 4.38. The molecule has 0 N–H and O–H groups in total. The van der Waals surface area contributed by atoms with E-state index in [1.54, 1.807) is 7.11 Å². The van der Waals surface area contributed by atoms with Crippen molar-refractivity contribution in [3.63, 3.8) is 0 Å². The predicted molar refractivity (Wildman–Crippen MR) is 49.8 cm³/mol. The van der Waals surface area contributed by atoms with E-state index in [0.29, 0.717) is 6.10 Å². The molecule has 0 rings (SSSR count). The average Bonchev–Trinajstić information content (AvgIpc) is 1.97. The summed E-state index contributed by atoms with van der Waals surface area (Å²) in [6.07, 6.45) is 6.17. The molecule has 0 fully saturated rings. The lowest BCUT2D eigenvalue weighted by atomic mass is 10.1. The van der Waals surface area contributed by atoms with Gasteiger partial charge in [-0.05, 0) is 20.3 Å². The zero-order valence-electron chi connectivity index (χ0n) is 8.18. The molecule has 1 nitrogen and oxygen atoms in total. The van der Waals surface area contributed by atoms with Crippen molar-refractivity contribution in [2.75, 3.05) is 7.11 Å². The van der Waals surface area contributed by atoms with Gasteiger partial charge in [-0.15, -0.1) is 0 Å².